The van der Waals surface area contributed by atoms with E-state index >= 15 is 0 Å². The second-order valence-electron chi connectivity index (χ2n) is 9.15. The highest BCUT2D eigenvalue weighted by Crippen LogP contribution is 2.36. The smallest absolute Gasteiger partial charge is 0.341 e. The molecule has 36 heavy (non-hydrogen) atoms. The number of nitrogens with zero attached hydrogens (tertiary/aromatic N) is 5. The number of aliphatic imine (C=N–C) groups is 1. The van der Waals surface area contributed by atoms with E-state index in [2.05, 4.69) is 15.8 Å². The van der Waals surface area contributed by atoms with Crippen molar-refractivity contribution >= 4 is 46.2 Å². The van der Waals surface area contributed by atoms with Gasteiger partial charge >= 0.3 is 5.97 Å². The van der Waals surface area contributed by atoms with Crippen LogP contribution in [0.5, 0.6) is 0 Å². The second-order valence-corrected chi connectivity index (χ2v) is 10.1. The first-order valence-electron chi connectivity index (χ1n) is 11.6. The lowest BCUT2D eigenvalue weighted by molar-refractivity contribution is -0.127. The summed E-state index contributed by atoms with van der Waals surface area (Å²) in [5.74, 6) is -0.946. The maximum absolute atomic E-state index is 13.0. The van der Waals surface area contributed by atoms with Crippen molar-refractivity contribution in [1.29, 1.82) is 0 Å². The lowest BCUT2D eigenvalue weighted by atomic mass is 9.99. The molecule has 0 aliphatic carbocycles. The number of hydrogen-bond acceptors (Lipinski definition) is 9. The topological polar surface area (TPSA) is 132 Å². The van der Waals surface area contributed by atoms with Gasteiger partial charge in [0.15, 0.2) is 5.50 Å². The highest BCUT2D eigenvalue weighted by atomic mass is 32.2. The molecule has 1 saturated heterocycles. The van der Waals surface area contributed by atoms with Gasteiger partial charge in [-0.15, -0.1) is 0 Å². The Bertz CT molecular complexity index is 1390. The Morgan fingerprint density at radius 1 is 1.25 bits per heavy atom. The number of aryl methyl sites for hydroxylation is 1. The fraction of sp³-hybridized carbons (Fsp3) is 0.375. The molecule has 1 fully saturated rings. The summed E-state index contributed by atoms with van der Waals surface area (Å²) in [5, 5.41) is 11.8. The summed E-state index contributed by atoms with van der Waals surface area (Å²) < 4.78 is 1.73. The van der Waals surface area contributed by atoms with Crippen molar-refractivity contribution in [3.05, 3.63) is 57.4 Å². The molecule has 5 heterocycles. The van der Waals surface area contributed by atoms with Crippen LogP contribution in [0.1, 0.15) is 34.8 Å². The van der Waals surface area contributed by atoms with Crippen molar-refractivity contribution in [3.8, 4) is 0 Å². The zero-order valence-corrected chi connectivity index (χ0v) is 21.0. The molecule has 0 radical (unpaired) electrons. The molecule has 2 aromatic heterocycles. The molecular weight excluding hydrogens is 482 g/mol. The highest BCUT2D eigenvalue weighted by Gasteiger charge is 2.35. The zero-order chi connectivity index (χ0) is 25.6. The molecule has 2 unspecified atom stereocenters. The number of dihydropyridines is 1. The Morgan fingerprint density at radius 3 is 2.69 bits per heavy atom. The van der Waals surface area contributed by atoms with E-state index in [1.165, 1.54) is 18.0 Å². The van der Waals surface area contributed by atoms with Crippen LogP contribution in [-0.4, -0.2) is 63.4 Å². The van der Waals surface area contributed by atoms with Gasteiger partial charge < -0.3 is 19.5 Å². The minimum atomic E-state index is -1.27. The Kier molecular flexibility index (Phi) is 6.31. The van der Waals surface area contributed by atoms with Gasteiger partial charge in [0.25, 0.3) is 0 Å². The first kappa shape index (κ1) is 24.1. The first-order valence-corrected chi connectivity index (χ1v) is 12.5. The van der Waals surface area contributed by atoms with Gasteiger partial charge in [0, 0.05) is 44.7 Å². The van der Waals surface area contributed by atoms with Crippen molar-refractivity contribution in [3.63, 3.8) is 0 Å². The van der Waals surface area contributed by atoms with Crippen LogP contribution in [-0.2, 0) is 4.79 Å². The third-order valence-corrected chi connectivity index (χ3v) is 7.58. The number of hydrogen-bond donors (Lipinski definition) is 3. The van der Waals surface area contributed by atoms with Crippen molar-refractivity contribution in [2.24, 2.45) is 10.9 Å². The van der Waals surface area contributed by atoms with Gasteiger partial charge in [-0.2, -0.15) is 0 Å². The van der Waals surface area contributed by atoms with Gasteiger partial charge in [-0.25, -0.2) is 15.2 Å². The number of carboxylic acids is 1. The normalized spacial score (nSPS) is 21.6. The molecule has 2 aromatic rings. The summed E-state index contributed by atoms with van der Waals surface area (Å²) in [6.07, 6.45) is 7.76. The number of anilines is 1. The predicted octanol–water partition coefficient (Wildman–Crippen LogP) is 1.81. The largest absolute Gasteiger partial charge is 0.477 e. The quantitative estimate of drug-likeness (QED) is 0.499. The summed E-state index contributed by atoms with van der Waals surface area (Å²) >= 11 is 1.49. The third kappa shape index (κ3) is 4.37. The Balaban J connectivity index is 1.37. The van der Waals surface area contributed by atoms with Crippen LogP contribution in [0.25, 0.3) is 11.0 Å². The second kappa shape index (κ2) is 9.43. The first-order chi connectivity index (χ1) is 17.2. The van der Waals surface area contributed by atoms with E-state index in [0.717, 1.165) is 5.71 Å². The molecular formula is C24H27N7O4S. The standard InChI is InChI=1S/C24H27N7O4S/c1-13-9-18(30-10-15(11-30)22(33)28-27-17-6-4-5-14(2)25-17)26-21-19(13)20(32)16(23(34)35)12-31(21)24-29(3)7-8-36-24/h4-5,7-9,12,15,17,24,27H,6,10-11H2,1-3H3,(H,28,33)(H,34,35). The average Bonchev–Trinajstić information content (AvgIpc) is 3.22. The molecule has 0 aromatic carbocycles. The van der Waals surface area contributed by atoms with Crippen LogP contribution >= 0.6 is 11.8 Å². The SMILES string of the molecule is CC1=NC(NNC(=O)C2CN(c3cc(C)c4c(=O)c(C(=O)O)cn(C5SC=CN5C)c4n3)C2)CC=C1. The van der Waals surface area contributed by atoms with Gasteiger partial charge in [0.2, 0.25) is 11.3 Å². The maximum atomic E-state index is 13.0. The van der Waals surface area contributed by atoms with Crippen molar-refractivity contribution in [2.45, 2.75) is 31.9 Å². The van der Waals surface area contributed by atoms with Gasteiger partial charge in [0.1, 0.15) is 23.2 Å². The van der Waals surface area contributed by atoms with Crippen LogP contribution in [0.4, 0.5) is 5.82 Å². The van der Waals surface area contributed by atoms with Crippen molar-refractivity contribution < 1.29 is 14.7 Å². The summed E-state index contributed by atoms with van der Waals surface area (Å²) in [5.41, 5.74) is 6.61. The monoisotopic (exact) mass is 509 g/mol. The molecule has 188 valence electrons. The fourth-order valence-corrected chi connectivity index (χ4v) is 5.46. The number of carboxylic acid groups (broad SMARTS) is 1. The summed E-state index contributed by atoms with van der Waals surface area (Å²) in [6.45, 7) is 4.66. The van der Waals surface area contributed by atoms with Gasteiger partial charge in [-0.3, -0.25) is 20.0 Å². The van der Waals surface area contributed by atoms with E-state index in [4.69, 9.17) is 4.98 Å². The predicted molar refractivity (Wildman–Crippen MR) is 139 cm³/mol. The number of carbonyl (C=O) groups is 2. The van der Waals surface area contributed by atoms with Gasteiger partial charge in [-0.05, 0) is 37.0 Å². The van der Waals surface area contributed by atoms with Crippen LogP contribution in [0.2, 0.25) is 0 Å². The number of allylic oxidation sites excluding steroid dienone is 1. The molecule has 11 nitrogen and oxygen atoms in total. The number of thioether (sulfide) groups is 1. The van der Waals surface area contributed by atoms with E-state index in [0.29, 0.717) is 36.5 Å². The molecule has 5 rings (SSSR count). The lowest BCUT2D eigenvalue weighted by Crippen LogP contribution is -2.57. The maximum Gasteiger partial charge on any atom is 0.341 e. The van der Waals surface area contributed by atoms with Crippen LogP contribution in [0, 0.1) is 12.8 Å². The van der Waals surface area contributed by atoms with Crippen LogP contribution < -0.4 is 21.2 Å². The third-order valence-electron chi connectivity index (χ3n) is 6.50. The van der Waals surface area contributed by atoms with Crippen LogP contribution in [0.3, 0.4) is 0 Å². The van der Waals surface area contributed by atoms with E-state index in [1.54, 1.807) is 17.6 Å². The highest BCUT2D eigenvalue weighted by molar-refractivity contribution is 8.02. The Hall–Kier alpha value is -3.64. The Morgan fingerprint density at radius 2 is 2.03 bits per heavy atom. The Labute approximate surface area is 211 Å². The number of amides is 1. The lowest BCUT2D eigenvalue weighted by Gasteiger charge is -2.39. The molecule has 0 spiro atoms. The fourth-order valence-electron chi connectivity index (χ4n) is 4.50. The van der Waals surface area contributed by atoms with Crippen molar-refractivity contribution in [1.82, 2.24) is 25.3 Å². The zero-order valence-electron chi connectivity index (χ0n) is 20.1. The molecule has 12 heteroatoms. The summed E-state index contributed by atoms with van der Waals surface area (Å²) in [6, 6.07) is 1.78. The number of carbonyl (C=O) groups excluding carboxylic acids is 1. The number of aromatic nitrogens is 2. The summed E-state index contributed by atoms with van der Waals surface area (Å²) in [7, 11) is 1.88. The van der Waals surface area contributed by atoms with E-state index in [1.807, 2.05) is 47.5 Å². The number of fused-ring (bicyclic) bond motifs is 1. The average molecular weight is 510 g/mol. The van der Waals surface area contributed by atoms with Crippen LogP contribution in [0.15, 0.2) is 45.8 Å². The van der Waals surface area contributed by atoms with E-state index < -0.39 is 11.4 Å². The number of aromatic carboxylic acids is 1. The molecule has 3 aliphatic rings. The van der Waals surface area contributed by atoms with E-state index in [9.17, 15) is 19.5 Å². The molecule has 3 aliphatic heterocycles. The van der Waals surface area contributed by atoms with Gasteiger partial charge in [-0.1, -0.05) is 17.8 Å². The molecule has 2 atom stereocenters. The van der Waals surface area contributed by atoms with Crippen molar-refractivity contribution in [2.75, 3.05) is 25.0 Å². The molecule has 0 bridgehead atoms. The number of nitrogens with one attached hydrogen (secondary N) is 2. The molecule has 1 amide bonds. The van der Waals surface area contributed by atoms with E-state index in [-0.39, 0.29) is 34.4 Å². The number of hydrazine groups is 1. The minimum absolute atomic E-state index is 0.107. The minimum Gasteiger partial charge on any atom is -0.477 e. The number of rotatable bonds is 6. The number of pyridine rings is 2. The molecule has 0 saturated carbocycles. The van der Waals surface area contributed by atoms with Gasteiger partial charge in [0.05, 0.1) is 11.3 Å². The summed E-state index contributed by atoms with van der Waals surface area (Å²) in [4.78, 5) is 50.5. The molecule has 3 N–H and O–H groups in total.